The molecule has 6 N–H and O–H groups in total. The monoisotopic (exact) mass is 282 g/mol. The smallest absolute Gasteiger partial charge is 0.171 e. The standard InChI is InChI=1S/C10H14N6O4/c11-15-8-5-9(13-2-12-8)16(3-14-5)10-7(19)6(18)4(1-17)20-10/h2-4,6-7,10,17-19H,1,11H2,(H,12,13,15)/t4-,6?,7?,10-/m1/s1. The van der Waals surface area contributed by atoms with E-state index in [2.05, 4.69) is 20.4 Å². The fraction of sp³-hybridized carbons (Fsp3) is 0.500. The number of imidazole rings is 1. The summed E-state index contributed by atoms with van der Waals surface area (Å²) in [6, 6.07) is 0. The predicted molar refractivity (Wildman–Crippen MR) is 66.1 cm³/mol. The lowest BCUT2D eigenvalue weighted by atomic mass is 10.1. The fourth-order valence-corrected chi connectivity index (χ4v) is 2.25. The first-order valence-corrected chi connectivity index (χ1v) is 5.94. The number of aliphatic hydroxyl groups excluding tert-OH is 3. The highest BCUT2D eigenvalue weighted by molar-refractivity contribution is 5.82. The summed E-state index contributed by atoms with van der Waals surface area (Å²) in [5.74, 6) is 5.66. The van der Waals surface area contributed by atoms with Crippen LogP contribution in [0.3, 0.4) is 0 Å². The summed E-state index contributed by atoms with van der Waals surface area (Å²) in [6.07, 6.45) is -1.45. The first-order chi connectivity index (χ1) is 9.67. The summed E-state index contributed by atoms with van der Waals surface area (Å²) in [5.41, 5.74) is 3.20. The van der Waals surface area contributed by atoms with Crippen LogP contribution in [0.2, 0.25) is 0 Å². The summed E-state index contributed by atoms with van der Waals surface area (Å²) in [6.45, 7) is -0.397. The molecule has 0 amide bonds. The van der Waals surface area contributed by atoms with Crippen molar-refractivity contribution in [1.82, 2.24) is 19.5 Å². The average molecular weight is 282 g/mol. The highest BCUT2D eigenvalue weighted by Crippen LogP contribution is 2.31. The van der Waals surface area contributed by atoms with Crippen LogP contribution >= 0.6 is 0 Å². The molecule has 2 aromatic rings. The molecular formula is C10H14N6O4. The first kappa shape index (κ1) is 13.1. The Kier molecular flexibility index (Phi) is 3.23. The number of fused-ring (bicyclic) bond motifs is 1. The van der Waals surface area contributed by atoms with Crippen LogP contribution in [0.25, 0.3) is 11.2 Å². The van der Waals surface area contributed by atoms with Gasteiger partial charge in [-0.15, -0.1) is 0 Å². The summed E-state index contributed by atoms with van der Waals surface area (Å²) in [7, 11) is 0. The quantitative estimate of drug-likeness (QED) is 0.310. The van der Waals surface area contributed by atoms with Crippen molar-refractivity contribution < 1.29 is 20.1 Å². The minimum atomic E-state index is -1.20. The Bertz CT molecular complexity index is 619. The van der Waals surface area contributed by atoms with Gasteiger partial charge in [0, 0.05) is 0 Å². The molecule has 2 unspecified atom stereocenters. The molecule has 0 radical (unpaired) electrons. The van der Waals surface area contributed by atoms with Crippen molar-refractivity contribution in [3.63, 3.8) is 0 Å². The Morgan fingerprint density at radius 3 is 2.75 bits per heavy atom. The van der Waals surface area contributed by atoms with Gasteiger partial charge in [-0.1, -0.05) is 0 Å². The Morgan fingerprint density at radius 2 is 2.10 bits per heavy atom. The van der Waals surface area contributed by atoms with Crippen LogP contribution in [0.15, 0.2) is 12.7 Å². The van der Waals surface area contributed by atoms with E-state index in [9.17, 15) is 10.2 Å². The van der Waals surface area contributed by atoms with Crippen molar-refractivity contribution in [2.24, 2.45) is 5.84 Å². The normalized spacial score (nSPS) is 30.0. The fourth-order valence-electron chi connectivity index (χ4n) is 2.25. The van der Waals surface area contributed by atoms with Crippen molar-refractivity contribution in [1.29, 1.82) is 0 Å². The minimum absolute atomic E-state index is 0.334. The van der Waals surface area contributed by atoms with Crippen LogP contribution in [0.1, 0.15) is 6.23 Å². The maximum absolute atomic E-state index is 10.00. The van der Waals surface area contributed by atoms with Crippen LogP contribution in [0.5, 0.6) is 0 Å². The molecule has 0 aliphatic carbocycles. The third kappa shape index (κ3) is 1.82. The maximum atomic E-state index is 10.00. The molecule has 108 valence electrons. The van der Waals surface area contributed by atoms with Crippen molar-refractivity contribution in [2.45, 2.75) is 24.5 Å². The van der Waals surface area contributed by atoms with Crippen LogP contribution in [-0.4, -0.2) is 59.8 Å². The lowest BCUT2D eigenvalue weighted by Crippen LogP contribution is -2.33. The Morgan fingerprint density at radius 1 is 1.30 bits per heavy atom. The number of nitrogens with two attached hydrogens (primary N) is 1. The average Bonchev–Trinajstić information content (AvgIpc) is 3.01. The van der Waals surface area contributed by atoms with E-state index in [-0.39, 0.29) is 0 Å². The minimum Gasteiger partial charge on any atom is -0.394 e. The number of nitrogens with zero attached hydrogens (tertiary/aromatic N) is 4. The Hall–Kier alpha value is -1.85. The molecule has 10 nitrogen and oxygen atoms in total. The summed E-state index contributed by atoms with van der Waals surface area (Å²) < 4.78 is 6.88. The Labute approximate surface area is 112 Å². The number of hydrogen-bond donors (Lipinski definition) is 5. The van der Waals surface area contributed by atoms with E-state index < -0.39 is 31.1 Å². The van der Waals surface area contributed by atoms with Gasteiger partial charge in [-0.05, 0) is 0 Å². The van der Waals surface area contributed by atoms with E-state index in [1.54, 1.807) is 0 Å². The molecule has 0 saturated carbocycles. The van der Waals surface area contributed by atoms with Gasteiger partial charge in [0.2, 0.25) is 0 Å². The third-order valence-corrected chi connectivity index (χ3v) is 3.29. The number of nitrogen functional groups attached to an aromatic ring is 1. The lowest BCUT2D eigenvalue weighted by molar-refractivity contribution is -0.0511. The van der Waals surface area contributed by atoms with Gasteiger partial charge in [0.15, 0.2) is 23.2 Å². The summed E-state index contributed by atoms with van der Waals surface area (Å²) in [4.78, 5) is 12.1. The Balaban J connectivity index is 2.03. The number of aliphatic hydroxyl groups is 3. The number of hydrazine groups is 1. The highest BCUT2D eigenvalue weighted by atomic mass is 16.6. The summed E-state index contributed by atoms with van der Waals surface area (Å²) in [5, 5.41) is 28.9. The van der Waals surface area contributed by atoms with Crippen molar-refractivity contribution in [3.05, 3.63) is 12.7 Å². The van der Waals surface area contributed by atoms with Crippen molar-refractivity contribution in [2.75, 3.05) is 12.0 Å². The molecule has 2 aromatic heterocycles. The molecule has 3 heterocycles. The van der Waals surface area contributed by atoms with E-state index in [1.807, 2.05) is 0 Å². The van der Waals surface area contributed by atoms with Crippen LogP contribution in [-0.2, 0) is 4.74 Å². The second-order valence-electron chi connectivity index (χ2n) is 4.42. The van der Waals surface area contributed by atoms with E-state index in [4.69, 9.17) is 15.7 Å². The van der Waals surface area contributed by atoms with Gasteiger partial charge < -0.3 is 25.5 Å². The maximum Gasteiger partial charge on any atom is 0.171 e. The highest BCUT2D eigenvalue weighted by Gasteiger charge is 2.43. The zero-order chi connectivity index (χ0) is 14.3. The number of rotatable bonds is 3. The molecule has 10 heteroatoms. The van der Waals surface area contributed by atoms with Crippen molar-refractivity contribution >= 4 is 17.0 Å². The molecule has 1 aliphatic rings. The molecule has 0 aromatic carbocycles. The molecule has 0 bridgehead atoms. The van der Waals surface area contributed by atoms with E-state index >= 15 is 0 Å². The molecule has 20 heavy (non-hydrogen) atoms. The second kappa shape index (κ2) is 4.92. The molecule has 1 fully saturated rings. The molecule has 4 atom stereocenters. The topological polar surface area (TPSA) is 152 Å². The van der Waals surface area contributed by atoms with Crippen LogP contribution in [0.4, 0.5) is 5.82 Å². The van der Waals surface area contributed by atoms with Gasteiger partial charge in [-0.3, -0.25) is 4.57 Å². The van der Waals surface area contributed by atoms with Gasteiger partial charge in [0.25, 0.3) is 0 Å². The third-order valence-electron chi connectivity index (χ3n) is 3.29. The second-order valence-corrected chi connectivity index (χ2v) is 4.42. The predicted octanol–water partition coefficient (Wildman–Crippen LogP) is -2.28. The van der Waals surface area contributed by atoms with Gasteiger partial charge >= 0.3 is 0 Å². The molecular weight excluding hydrogens is 268 g/mol. The number of nitrogens with one attached hydrogen (secondary N) is 1. The lowest BCUT2D eigenvalue weighted by Gasteiger charge is -2.16. The number of hydrogen-bond acceptors (Lipinski definition) is 9. The van der Waals surface area contributed by atoms with Gasteiger partial charge in [-0.2, -0.15) is 0 Å². The molecule has 1 aliphatic heterocycles. The van der Waals surface area contributed by atoms with E-state index in [0.717, 1.165) is 0 Å². The molecule has 1 saturated heterocycles. The molecule has 0 spiro atoms. The van der Waals surface area contributed by atoms with Crippen molar-refractivity contribution in [3.8, 4) is 0 Å². The number of ether oxygens (including phenoxy) is 1. The van der Waals surface area contributed by atoms with Gasteiger partial charge in [0.05, 0.1) is 12.9 Å². The molecule has 3 rings (SSSR count). The van der Waals surface area contributed by atoms with Gasteiger partial charge in [-0.25, -0.2) is 20.8 Å². The zero-order valence-electron chi connectivity index (χ0n) is 10.3. The first-order valence-electron chi connectivity index (χ1n) is 5.94. The zero-order valence-corrected chi connectivity index (χ0v) is 10.3. The SMILES string of the molecule is NNc1ncnc2c1ncn2[C@@H]1O[C@H](CO)C(O)C1O. The van der Waals surface area contributed by atoms with Crippen LogP contribution in [0, 0.1) is 0 Å². The largest absolute Gasteiger partial charge is 0.394 e. The van der Waals surface area contributed by atoms with Crippen LogP contribution < -0.4 is 11.3 Å². The summed E-state index contributed by atoms with van der Waals surface area (Å²) >= 11 is 0. The number of aromatic nitrogens is 4. The van der Waals surface area contributed by atoms with E-state index in [1.165, 1.54) is 17.2 Å². The van der Waals surface area contributed by atoms with E-state index in [0.29, 0.717) is 17.0 Å². The van der Waals surface area contributed by atoms with Gasteiger partial charge in [0.1, 0.15) is 24.6 Å². The number of anilines is 1.